The van der Waals surface area contributed by atoms with E-state index in [0.29, 0.717) is 17.5 Å². The fourth-order valence-corrected chi connectivity index (χ4v) is 8.15. The number of anilines is 3. The highest BCUT2D eigenvalue weighted by molar-refractivity contribution is 6.11. The van der Waals surface area contributed by atoms with Gasteiger partial charge >= 0.3 is 0 Å². The minimum atomic E-state index is 0.631. The van der Waals surface area contributed by atoms with E-state index in [0.717, 1.165) is 50.7 Å². The summed E-state index contributed by atoms with van der Waals surface area (Å²) >= 11 is 0. The highest BCUT2D eigenvalue weighted by atomic mass is 15.3. The maximum Gasteiger partial charge on any atom is 0.164 e. The van der Waals surface area contributed by atoms with Gasteiger partial charge in [-0.3, -0.25) is 9.47 Å². The molecule has 0 spiro atoms. The summed E-state index contributed by atoms with van der Waals surface area (Å²) in [6, 6.07) is 70.6. The van der Waals surface area contributed by atoms with Crippen molar-refractivity contribution in [3.8, 4) is 62.1 Å². The van der Waals surface area contributed by atoms with E-state index >= 15 is 0 Å². The molecule has 0 amide bonds. The van der Waals surface area contributed by atoms with E-state index in [-0.39, 0.29) is 0 Å². The van der Waals surface area contributed by atoms with E-state index in [4.69, 9.17) is 15.0 Å². The van der Waals surface area contributed by atoms with Crippen LogP contribution in [-0.4, -0.2) is 19.5 Å². The Balaban J connectivity index is 1.08. The Morgan fingerprint density at radius 2 is 0.875 bits per heavy atom. The van der Waals surface area contributed by atoms with Crippen LogP contribution in [0.25, 0.3) is 83.8 Å². The summed E-state index contributed by atoms with van der Waals surface area (Å²) in [5.74, 6) is 3.01. The Hall–Kier alpha value is -7.63. The number of benzene rings is 8. The summed E-state index contributed by atoms with van der Waals surface area (Å²) in [4.78, 5) is 17.4. The summed E-state index contributed by atoms with van der Waals surface area (Å²) in [6.07, 6.45) is 0. The minimum Gasteiger partial charge on any atom is -0.295 e. The quantitative estimate of drug-likeness (QED) is 0.178. The van der Waals surface area contributed by atoms with Crippen molar-refractivity contribution < 1.29 is 0 Å². The molecule has 0 atom stereocenters. The summed E-state index contributed by atoms with van der Waals surface area (Å²) in [6.45, 7) is 0. The van der Waals surface area contributed by atoms with Gasteiger partial charge in [0.25, 0.3) is 0 Å². The number of aromatic nitrogens is 4. The number of nitrogens with zero attached hydrogens (tertiary/aromatic N) is 5. The van der Waals surface area contributed by atoms with Gasteiger partial charge in [-0.1, -0.05) is 158 Å². The number of hydrogen-bond acceptors (Lipinski definition) is 4. The molecule has 262 valence electrons. The van der Waals surface area contributed by atoms with Crippen LogP contribution in [0.3, 0.4) is 0 Å². The average molecular weight is 716 g/mol. The molecule has 2 aromatic heterocycles. The first kappa shape index (κ1) is 31.9. The molecule has 0 saturated carbocycles. The zero-order chi connectivity index (χ0) is 37.0. The fourth-order valence-electron chi connectivity index (χ4n) is 8.15. The van der Waals surface area contributed by atoms with Crippen molar-refractivity contribution in [1.29, 1.82) is 0 Å². The van der Waals surface area contributed by atoms with Crippen molar-refractivity contribution >= 4 is 38.9 Å². The molecule has 0 radical (unpaired) electrons. The third kappa shape index (κ3) is 5.29. The molecule has 1 aliphatic rings. The largest absolute Gasteiger partial charge is 0.295 e. The lowest BCUT2D eigenvalue weighted by molar-refractivity contribution is 1.07. The smallest absolute Gasteiger partial charge is 0.164 e. The number of hydrogen-bond donors (Lipinski definition) is 0. The second kappa shape index (κ2) is 13.0. The Bertz CT molecular complexity index is 3040. The molecule has 8 aromatic carbocycles. The van der Waals surface area contributed by atoms with Gasteiger partial charge in [-0.2, -0.15) is 0 Å². The van der Waals surface area contributed by atoms with Crippen molar-refractivity contribution in [3.05, 3.63) is 200 Å². The fraction of sp³-hybridized carbons (Fsp3) is 0. The maximum atomic E-state index is 5.01. The summed E-state index contributed by atoms with van der Waals surface area (Å²) < 4.78 is 2.43. The number of para-hydroxylation sites is 2. The molecule has 0 bridgehead atoms. The first-order valence-electron chi connectivity index (χ1n) is 18.9. The second-order valence-corrected chi connectivity index (χ2v) is 14.1. The van der Waals surface area contributed by atoms with E-state index in [1.54, 1.807) is 0 Å². The van der Waals surface area contributed by atoms with Crippen LogP contribution >= 0.6 is 0 Å². The summed E-state index contributed by atoms with van der Waals surface area (Å²) in [7, 11) is 0. The number of rotatable bonds is 5. The lowest BCUT2D eigenvalue weighted by atomic mass is 9.99. The molecule has 1 aliphatic heterocycles. The molecule has 5 nitrogen and oxygen atoms in total. The molecule has 3 heterocycles. The second-order valence-electron chi connectivity index (χ2n) is 14.1. The molecule has 0 N–H and O–H groups in total. The van der Waals surface area contributed by atoms with E-state index < -0.39 is 0 Å². The molecule has 56 heavy (non-hydrogen) atoms. The molecule has 5 heteroatoms. The topological polar surface area (TPSA) is 46.8 Å². The van der Waals surface area contributed by atoms with Gasteiger partial charge in [0.05, 0.1) is 16.9 Å². The van der Waals surface area contributed by atoms with Crippen molar-refractivity contribution in [2.75, 3.05) is 4.90 Å². The van der Waals surface area contributed by atoms with Gasteiger partial charge in [0, 0.05) is 38.9 Å². The highest BCUT2D eigenvalue weighted by Crippen LogP contribution is 2.49. The molecular weight excluding hydrogens is 683 g/mol. The highest BCUT2D eigenvalue weighted by Gasteiger charge is 2.28. The molecule has 0 saturated heterocycles. The van der Waals surface area contributed by atoms with Crippen molar-refractivity contribution in [2.24, 2.45) is 0 Å². The molecule has 11 rings (SSSR count). The normalized spacial score (nSPS) is 11.9. The lowest BCUT2D eigenvalue weighted by Crippen LogP contribution is -2.12. The molecule has 0 unspecified atom stereocenters. The molecular formula is C51H33N5. The predicted molar refractivity (Wildman–Crippen MR) is 230 cm³/mol. The van der Waals surface area contributed by atoms with Crippen LogP contribution in [0.4, 0.5) is 17.2 Å². The first-order valence-corrected chi connectivity index (χ1v) is 18.9. The van der Waals surface area contributed by atoms with E-state index in [1.807, 2.05) is 60.7 Å². The molecule has 0 aliphatic carbocycles. The van der Waals surface area contributed by atoms with Gasteiger partial charge in [-0.15, -0.1) is 0 Å². The van der Waals surface area contributed by atoms with Gasteiger partial charge in [-0.05, 0) is 64.4 Å². The zero-order valence-electron chi connectivity index (χ0n) is 30.3. The maximum absolute atomic E-state index is 5.01. The molecule has 0 fully saturated rings. The number of fused-ring (bicyclic) bond motifs is 9. The van der Waals surface area contributed by atoms with Crippen molar-refractivity contribution in [1.82, 2.24) is 19.5 Å². The third-order valence-corrected chi connectivity index (χ3v) is 10.8. The summed E-state index contributed by atoms with van der Waals surface area (Å²) in [5, 5.41) is 3.70. The SMILES string of the molecule is c1ccc(-c2nc(-c3ccccc3)nc(-c3cccc(-c4cccc(N5c6ccccc6-c6ccccc6-n6c5cc5c7ccccc7ccc56)c4)c3)n2)cc1. The van der Waals surface area contributed by atoms with Crippen LogP contribution in [0.2, 0.25) is 0 Å². The standard InChI is InChI=1S/C51H33N5/c1-3-16-35(17-4-1)49-52-50(36-18-5-2-6-19-36)54-51(53-49)39-22-13-20-37(31-39)38-21-14-23-40(32-38)55-45-27-11-9-25-42(45)43-26-10-12-28-46(43)56-47-30-29-34-15-7-8-24-41(34)44(47)33-48(55)56/h1-33H. The van der Waals surface area contributed by atoms with Gasteiger partial charge in [-0.25, -0.2) is 15.0 Å². The predicted octanol–water partition coefficient (Wildman–Crippen LogP) is 13.1. The van der Waals surface area contributed by atoms with Crippen molar-refractivity contribution in [3.63, 3.8) is 0 Å². The monoisotopic (exact) mass is 715 g/mol. The van der Waals surface area contributed by atoms with Crippen LogP contribution < -0.4 is 4.90 Å². The van der Waals surface area contributed by atoms with Crippen LogP contribution in [0.1, 0.15) is 0 Å². The van der Waals surface area contributed by atoms with Gasteiger partial charge < -0.3 is 0 Å². The van der Waals surface area contributed by atoms with Crippen molar-refractivity contribution in [2.45, 2.75) is 0 Å². The van der Waals surface area contributed by atoms with Crippen LogP contribution in [-0.2, 0) is 0 Å². The van der Waals surface area contributed by atoms with Crippen LogP contribution in [0, 0.1) is 0 Å². The average Bonchev–Trinajstić information content (AvgIpc) is 3.61. The zero-order valence-corrected chi connectivity index (χ0v) is 30.3. The lowest BCUT2D eigenvalue weighted by Gasteiger charge is -2.26. The Labute approximate surface area is 324 Å². The molecule has 10 aromatic rings. The van der Waals surface area contributed by atoms with Crippen LogP contribution in [0.15, 0.2) is 200 Å². The minimum absolute atomic E-state index is 0.631. The first-order chi connectivity index (χ1) is 27.8. The van der Waals surface area contributed by atoms with Crippen LogP contribution in [0.5, 0.6) is 0 Å². The van der Waals surface area contributed by atoms with Gasteiger partial charge in [0.2, 0.25) is 0 Å². The van der Waals surface area contributed by atoms with Gasteiger partial charge in [0.1, 0.15) is 5.82 Å². The Kier molecular flexibility index (Phi) is 7.42. The summed E-state index contributed by atoms with van der Waals surface area (Å²) in [5.41, 5.74) is 11.9. The third-order valence-electron chi connectivity index (χ3n) is 10.8. The Morgan fingerprint density at radius 3 is 1.61 bits per heavy atom. The Morgan fingerprint density at radius 1 is 0.339 bits per heavy atom. The van der Waals surface area contributed by atoms with Gasteiger partial charge in [0.15, 0.2) is 17.5 Å². The van der Waals surface area contributed by atoms with E-state index in [9.17, 15) is 0 Å². The van der Waals surface area contributed by atoms with E-state index in [2.05, 4.69) is 149 Å². The van der Waals surface area contributed by atoms with E-state index in [1.165, 1.54) is 32.8 Å².